The number of aliphatic imine (C=N–C) groups is 1. The van der Waals surface area contributed by atoms with E-state index in [1.165, 1.54) is 0 Å². The molecule has 0 spiro atoms. The van der Waals surface area contributed by atoms with E-state index in [0.29, 0.717) is 6.54 Å². The Bertz CT molecular complexity index is 406. The monoisotopic (exact) mass is 252 g/mol. The predicted molar refractivity (Wildman–Crippen MR) is 68.7 cm³/mol. The highest BCUT2D eigenvalue weighted by Crippen LogP contribution is 2.27. The zero-order chi connectivity index (χ0) is 11.8. The van der Waals surface area contributed by atoms with Crippen molar-refractivity contribution in [2.45, 2.75) is 24.4 Å². The van der Waals surface area contributed by atoms with E-state index in [1.54, 1.807) is 11.8 Å². The van der Waals surface area contributed by atoms with Crippen molar-refractivity contribution in [2.75, 3.05) is 19.3 Å². The van der Waals surface area contributed by atoms with Crippen LogP contribution in [0, 0.1) is 0 Å². The van der Waals surface area contributed by atoms with Crippen LogP contribution in [0.15, 0.2) is 16.4 Å². The lowest BCUT2D eigenvalue weighted by Crippen LogP contribution is -2.44. The lowest BCUT2D eigenvalue weighted by atomic mass is 10.2. The van der Waals surface area contributed by atoms with Gasteiger partial charge in [-0.2, -0.15) is 0 Å². The normalized spacial score (nSPS) is 31.6. The van der Waals surface area contributed by atoms with Gasteiger partial charge in [0.2, 0.25) is 5.91 Å². The predicted octanol–water partition coefficient (Wildman–Crippen LogP) is 0.113. The van der Waals surface area contributed by atoms with Crippen LogP contribution in [0.4, 0.5) is 0 Å². The number of amides is 1. The van der Waals surface area contributed by atoms with Crippen molar-refractivity contribution in [3.05, 3.63) is 11.4 Å². The molecule has 3 rings (SSSR count). The number of carbonyl (C=O) groups is 1. The van der Waals surface area contributed by atoms with Gasteiger partial charge in [-0.15, -0.1) is 11.8 Å². The summed E-state index contributed by atoms with van der Waals surface area (Å²) in [5.41, 5.74) is 1.16. The second-order valence-electron chi connectivity index (χ2n) is 4.45. The molecule has 92 valence electrons. The highest BCUT2D eigenvalue weighted by molar-refractivity contribution is 7.99. The fraction of sp³-hybridized carbons (Fsp3) is 0.636. The Kier molecular flexibility index (Phi) is 2.74. The Hall–Kier alpha value is -1.17. The number of hydrogen-bond donors (Lipinski definition) is 2. The van der Waals surface area contributed by atoms with Gasteiger partial charge >= 0.3 is 0 Å². The molecule has 1 saturated heterocycles. The maximum absolute atomic E-state index is 11.9. The van der Waals surface area contributed by atoms with Crippen LogP contribution in [0.1, 0.15) is 12.8 Å². The SMILES string of the molecule is CS[C@H]1N=CC2=C(N1)N1CCCC1C(=O)NC2. The van der Waals surface area contributed by atoms with E-state index in [1.807, 2.05) is 12.5 Å². The third-order valence-electron chi connectivity index (χ3n) is 3.45. The first-order chi connectivity index (χ1) is 8.29. The van der Waals surface area contributed by atoms with Crippen molar-refractivity contribution in [3.63, 3.8) is 0 Å². The van der Waals surface area contributed by atoms with Gasteiger partial charge < -0.3 is 15.5 Å². The van der Waals surface area contributed by atoms with Crippen LogP contribution >= 0.6 is 11.8 Å². The van der Waals surface area contributed by atoms with E-state index in [-0.39, 0.29) is 17.4 Å². The summed E-state index contributed by atoms with van der Waals surface area (Å²) in [5, 5.41) is 6.39. The maximum atomic E-state index is 11.9. The summed E-state index contributed by atoms with van der Waals surface area (Å²) < 4.78 is 0. The summed E-state index contributed by atoms with van der Waals surface area (Å²) in [6.07, 6.45) is 5.96. The van der Waals surface area contributed by atoms with Crippen molar-refractivity contribution in [1.29, 1.82) is 0 Å². The topological polar surface area (TPSA) is 56.7 Å². The molecule has 1 fully saturated rings. The largest absolute Gasteiger partial charge is 0.350 e. The molecule has 2 atom stereocenters. The zero-order valence-corrected chi connectivity index (χ0v) is 10.6. The minimum absolute atomic E-state index is 0.00371. The highest BCUT2D eigenvalue weighted by atomic mass is 32.2. The van der Waals surface area contributed by atoms with Crippen LogP contribution in [0.25, 0.3) is 0 Å². The van der Waals surface area contributed by atoms with Gasteiger partial charge in [-0.25, -0.2) is 0 Å². The van der Waals surface area contributed by atoms with E-state index in [4.69, 9.17) is 0 Å². The molecule has 3 aliphatic heterocycles. The molecule has 0 radical (unpaired) electrons. The molecule has 0 aromatic heterocycles. The third kappa shape index (κ3) is 1.80. The van der Waals surface area contributed by atoms with Gasteiger partial charge in [0.25, 0.3) is 0 Å². The molecule has 3 heterocycles. The average molecular weight is 252 g/mol. The van der Waals surface area contributed by atoms with Crippen LogP contribution in [0.3, 0.4) is 0 Å². The van der Waals surface area contributed by atoms with Gasteiger partial charge in [0, 0.05) is 24.9 Å². The first kappa shape index (κ1) is 11.0. The molecule has 5 nitrogen and oxygen atoms in total. The van der Waals surface area contributed by atoms with E-state index >= 15 is 0 Å². The molecule has 0 aromatic rings. The van der Waals surface area contributed by atoms with Crippen molar-refractivity contribution in [1.82, 2.24) is 15.5 Å². The summed E-state index contributed by atoms with van der Waals surface area (Å²) in [6.45, 7) is 1.54. The Labute approximate surface area is 105 Å². The minimum Gasteiger partial charge on any atom is -0.350 e. The molecule has 1 amide bonds. The van der Waals surface area contributed by atoms with E-state index in [0.717, 1.165) is 30.8 Å². The Morgan fingerprint density at radius 1 is 1.59 bits per heavy atom. The number of nitrogens with one attached hydrogen (secondary N) is 2. The first-order valence-corrected chi connectivity index (χ1v) is 7.18. The molecule has 3 aliphatic rings. The van der Waals surface area contributed by atoms with Crippen molar-refractivity contribution < 1.29 is 4.79 Å². The van der Waals surface area contributed by atoms with Gasteiger partial charge in [0.05, 0.1) is 0 Å². The van der Waals surface area contributed by atoms with Crippen molar-refractivity contribution >= 4 is 23.9 Å². The van der Waals surface area contributed by atoms with Crippen LogP contribution in [-0.4, -0.2) is 47.9 Å². The molecular weight excluding hydrogens is 236 g/mol. The number of thioether (sulfide) groups is 1. The summed E-state index contributed by atoms with van der Waals surface area (Å²) in [4.78, 5) is 18.5. The van der Waals surface area contributed by atoms with Crippen LogP contribution in [-0.2, 0) is 4.79 Å². The lowest BCUT2D eigenvalue weighted by molar-refractivity contribution is -0.124. The molecule has 17 heavy (non-hydrogen) atoms. The number of nitrogens with zero attached hydrogens (tertiary/aromatic N) is 2. The number of hydrogen-bond acceptors (Lipinski definition) is 5. The Morgan fingerprint density at radius 3 is 3.29 bits per heavy atom. The second-order valence-corrected chi connectivity index (χ2v) is 5.37. The van der Waals surface area contributed by atoms with Gasteiger partial charge in [0.1, 0.15) is 11.9 Å². The molecule has 0 aromatic carbocycles. The maximum Gasteiger partial charge on any atom is 0.243 e. The van der Waals surface area contributed by atoms with Gasteiger partial charge in [-0.05, 0) is 19.1 Å². The van der Waals surface area contributed by atoms with Crippen molar-refractivity contribution in [2.24, 2.45) is 4.99 Å². The number of fused-ring (bicyclic) bond motifs is 2. The van der Waals surface area contributed by atoms with E-state index in [2.05, 4.69) is 20.5 Å². The van der Waals surface area contributed by atoms with Crippen LogP contribution < -0.4 is 10.6 Å². The fourth-order valence-electron chi connectivity index (χ4n) is 2.59. The quantitative estimate of drug-likeness (QED) is 0.695. The van der Waals surface area contributed by atoms with Gasteiger partial charge in [-0.3, -0.25) is 9.79 Å². The summed E-state index contributed by atoms with van der Waals surface area (Å²) >= 11 is 1.67. The smallest absolute Gasteiger partial charge is 0.243 e. The van der Waals surface area contributed by atoms with Gasteiger partial charge in [0.15, 0.2) is 5.50 Å². The standard InChI is InChI=1S/C11H16N4OS/c1-17-11-13-6-7-5-12-10(16)8-3-2-4-15(8)9(7)14-11/h6,8,11,14H,2-5H2,1H3,(H,12,16)/t8?,11-/m0/s1. The van der Waals surface area contributed by atoms with E-state index < -0.39 is 0 Å². The summed E-state index contributed by atoms with van der Waals surface area (Å²) in [7, 11) is 0. The van der Waals surface area contributed by atoms with Crippen LogP contribution in [0.2, 0.25) is 0 Å². The summed E-state index contributed by atoms with van der Waals surface area (Å²) in [5.74, 6) is 1.24. The molecule has 0 aliphatic carbocycles. The van der Waals surface area contributed by atoms with E-state index in [9.17, 15) is 4.79 Å². The molecular formula is C11H16N4OS. The average Bonchev–Trinajstić information content (AvgIpc) is 2.80. The zero-order valence-electron chi connectivity index (χ0n) is 9.77. The molecule has 0 bridgehead atoms. The number of carbonyl (C=O) groups excluding carboxylic acids is 1. The highest BCUT2D eigenvalue weighted by Gasteiger charge is 2.36. The third-order valence-corrected chi connectivity index (χ3v) is 4.14. The molecule has 1 unspecified atom stereocenters. The fourth-order valence-corrected chi connectivity index (χ4v) is 3.00. The Balaban J connectivity index is 1.93. The Morgan fingerprint density at radius 2 is 2.47 bits per heavy atom. The summed E-state index contributed by atoms with van der Waals surface area (Å²) in [6, 6.07) is 0.00371. The molecule has 0 saturated carbocycles. The van der Waals surface area contributed by atoms with Gasteiger partial charge in [-0.1, -0.05) is 0 Å². The first-order valence-electron chi connectivity index (χ1n) is 5.89. The second kappa shape index (κ2) is 4.25. The van der Waals surface area contributed by atoms with Crippen LogP contribution in [0.5, 0.6) is 0 Å². The molecule has 6 heteroatoms. The number of rotatable bonds is 1. The minimum atomic E-state index is 0.00371. The molecule has 2 N–H and O–H groups in total. The van der Waals surface area contributed by atoms with Crippen molar-refractivity contribution in [3.8, 4) is 0 Å². The lowest BCUT2D eigenvalue weighted by Gasteiger charge is -2.31.